The van der Waals surface area contributed by atoms with Crippen LogP contribution in [0.25, 0.3) is 0 Å². The third-order valence-electron chi connectivity index (χ3n) is 3.67. The topological polar surface area (TPSA) is 76.1 Å². The Labute approximate surface area is 150 Å². The van der Waals surface area contributed by atoms with Crippen molar-refractivity contribution in [3.05, 3.63) is 78.0 Å². The van der Waals surface area contributed by atoms with Gasteiger partial charge in [0.25, 0.3) is 5.91 Å². The van der Waals surface area contributed by atoms with Crippen LogP contribution in [0.4, 0.5) is 15.9 Å². The zero-order valence-corrected chi connectivity index (χ0v) is 14.1. The highest BCUT2D eigenvalue weighted by atomic mass is 19.1. The minimum atomic E-state index is -0.369. The van der Waals surface area contributed by atoms with E-state index in [1.54, 1.807) is 49.6 Å². The van der Waals surface area contributed by atoms with Gasteiger partial charge in [-0.15, -0.1) is 0 Å². The Morgan fingerprint density at radius 1 is 1.12 bits per heavy atom. The molecule has 0 saturated heterocycles. The number of amides is 1. The summed E-state index contributed by atoms with van der Waals surface area (Å²) in [5, 5.41) is 5.74. The van der Waals surface area contributed by atoms with Crippen LogP contribution in [0.15, 0.2) is 60.9 Å². The van der Waals surface area contributed by atoms with E-state index in [1.165, 1.54) is 18.5 Å². The molecule has 6 nitrogen and oxygen atoms in total. The van der Waals surface area contributed by atoms with Gasteiger partial charge in [-0.05, 0) is 30.3 Å². The van der Waals surface area contributed by atoms with Crippen molar-refractivity contribution in [1.82, 2.24) is 9.97 Å². The van der Waals surface area contributed by atoms with Crippen molar-refractivity contribution in [3.8, 4) is 5.75 Å². The zero-order chi connectivity index (χ0) is 18.4. The zero-order valence-electron chi connectivity index (χ0n) is 14.1. The highest BCUT2D eigenvalue weighted by Gasteiger charge is 2.10. The van der Waals surface area contributed by atoms with Crippen LogP contribution in [0, 0.1) is 5.82 Å². The van der Waals surface area contributed by atoms with Crippen LogP contribution in [0.1, 0.15) is 16.1 Å². The standard InChI is InChI=1S/C19H17FN4O2/c1-26-15-8-6-14(7-9-15)24-19(25)17-10-18(23-12-22-17)21-11-13-4-2-3-5-16(13)20/h2-10,12H,11H2,1H3,(H,24,25)(H,21,22,23). The predicted molar refractivity (Wildman–Crippen MR) is 96.7 cm³/mol. The van der Waals surface area contributed by atoms with E-state index < -0.39 is 0 Å². The molecular weight excluding hydrogens is 335 g/mol. The van der Waals surface area contributed by atoms with Crippen LogP contribution >= 0.6 is 0 Å². The first-order valence-electron chi connectivity index (χ1n) is 7.90. The molecule has 3 rings (SSSR count). The average Bonchev–Trinajstić information content (AvgIpc) is 2.68. The number of aromatic nitrogens is 2. The maximum atomic E-state index is 13.7. The molecule has 0 bridgehead atoms. The lowest BCUT2D eigenvalue weighted by Crippen LogP contribution is -2.14. The number of ether oxygens (including phenoxy) is 1. The van der Waals surface area contributed by atoms with Gasteiger partial charge in [-0.25, -0.2) is 14.4 Å². The number of nitrogens with zero attached hydrogens (tertiary/aromatic N) is 2. The second-order valence-electron chi connectivity index (χ2n) is 5.42. The number of carbonyl (C=O) groups excluding carboxylic acids is 1. The number of halogens is 1. The molecule has 26 heavy (non-hydrogen) atoms. The number of carbonyl (C=O) groups is 1. The van der Waals surface area contributed by atoms with E-state index in [0.29, 0.717) is 22.8 Å². The lowest BCUT2D eigenvalue weighted by Gasteiger charge is -2.09. The molecule has 0 aliphatic rings. The number of benzene rings is 2. The molecule has 0 aliphatic carbocycles. The Balaban J connectivity index is 1.66. The fraction of sp³-hybridized carbons (Fsp3) is 0.105. The van der Waals surface area contributed by atoms with Gasteiger partial charge in [0.1, 0.15) is 29.4 Å². The van der Waals surface area contributed by atoms with Gasteiger partial charge in [0.2, 0.25) is 0 Å². The Morgan fingerprint density at radius 2 is 1.88 bits per heavy atom. The third-order valence-corrected chi connectivity index (χ3v) is 3.67. The summed E-state index contributed by atoms with van der Waals surface area (Å²) in [5.41, 5.74) is 1.33. The first kappa shape index (κ1) is 17.3. The molecule has 0 fully saturated rings. The van der Waals surface area contributed by atoms with Crippen LogP contribution < -0.4 is 15.4 Å². The summed E-state index contributed by atoms with van der Waals surface area (Å²) in [6, 6.07) is 14.9. The molecule has 1 amide bonds. The van der Waals surface area contributed by atoms with E-state index in [4.69, 9.17) is 4.74 Å². The van der Waals surface area contributed by atoms with E-state index >= 15 is 0 Å². The van der Waals surface area contributed by atoms with Gasteiger partial charge >= 0.3 is 0 Å². The van der Waals surface area contributed by atoms with Crippen LogP contribution in [-0.4, -0.2) is 23.0 Å². The van der Waals surface area contributed by atoms with Gasteiger partial charge in [-0.2, -0.15) is 0 Å². The summed E-state index contributed by atoms with van der Waals surface area (Å²) < 4.78 is 18.7. The molecule has 1 heterocycles. The second-order valence-corrected chi connectivity index (χ2v) is 5.42. The molecule has 0 spiro atoms. The van der Waals surface area contributed by atoms with Crippen molar-refractivity contribution in [2.45, 2.75) is 6.54 Å². The van der Waals surface area contributed by atoms with Crippen molar-refractivity contribution < 1.29 is 13.9 Å². The normalized spacial score (nSPS) is 10.2. The molecule has 2 aromatic carbocycles. The maximum Gasteiger partial charge on any atom is 0.274 e. The predicted octanol–water partition coefficient (Wildman–Crippen LogP) is 3.49. The number of anilines is 2. The van der Waals surface area contributed by atoms with E-state index in [-0.39, 0.29) is 24.0 Å². The molecule has 0 aliphatic heterocycles. The molecule has 0 radical (unpaired) electrons. The Kier molecular flexibility index (Phi) is 5.38. The minimum Gasteiger partial charge on any atom is -0.497 e. The summed E-state index contributed by atoms with van der Waals surface area (Å²) in [5.74, 6) is 0.464. The summed E-state index contributed by atoms with van der Waals surface area (Å²) in [7, 11) is 1.57. The smallest absolute Gasteiger partial charge is 0.274 e. The largest absolute Gasteiger partial charge is 0.497 e. The van der Waals surface area contributed by atoms with Gasteiger partial charge in [0.05, 0.1) is 7.11 Å². The van der Waals surface area contributed by atoms with Crippen molar-refractivity contribution in [1.29, 1.82) is 0 Å². The SMILES string of the molecule is COc1ccc(NC(=O)c2cc(NCc3ccccc3F)ncn2)cc1. The fourth-order valence-corrected chi connectivity index (χ4v) is 2.28. The Hall–Kier alpha value is -3.48. The molecule has 132 valence electrons. The van der Waals surface area contributed by atoms with Gasteiger partial charge in [-0.1, -0.05) is 18.2 Å². The Morgan fingerprint density at radius 3 is 2.62 bits per heavy atom. The van der Waals surface area contributed by atoms with Crippen molar-refractivity contribution in [2.24, 2.45) is 0 Å². The van der Waals surface area contributed by atoms with Crippen LogP contribution in [0.2, 0.25) is 0 Å². The first-order chi connectivity index (χ1) is 12.7. The number of nitrogens with one attached hydrogen (secondary N) is 2. The quantitative estimate of drug-likeness (QED) is 0.710. The minimum absolute atomic E-state index is 0.201. The summed E-state index contributed by atoms with van der Waals surface area (Å²) in [6.45, 7) is 0.253. The fourth-order valence-electron chi connectivity index (χ4n) is 2.28. The second kappa shape index (κ2) is 8.06. The van der Waals surface area contributed by atoms with Gasteiger partial charge in [-0.3, -0.25) is 4.79 Å². The van der Waals surface area contributed by atoms with Crippen LogP contribution in [0.3, 0.4) is 0 Å². The molecule has 3 aromatic rings. The number of hydrogen-bond donors (Lipinski definition) is 2. The van der Waals surface area contributed by atoms with Gasteiger partial charge in [0.15, 0.2) is 0 Å². The molecule has 1 aromatic heterocycles. The molecule has 7 heteroatoms. The molecule has 0 unspecified atom stereocenters. The van der Waals surface area contributed by atoms with Crippen LogP contribution in [0.5, 0.6) is 5.75 Å². The lowest BCUT2D eigenvalue weighted by molar-refractivity contribution is 0.102. The average molecular weight is 352 g/mol. The number of methoxy groups -OCH3 is 1. The Bertz CT molecular complexity index is 900. The van der Waals surface area contributed by atoms with Crippen molar-refractivity contribution in [2.75, 3.05) is 17.7 Å². The van der Waals surface area contributed by atoms with Gasteiger partial charge in [0, 0.05) is 23.9 Å². The molecular formula is C19H17FN4O2. The highest BCUT2D eigenvalue weighted by molar-refractivity contribution is 6.03. The van der Waals surface area contributed by atoms with E-state index in [0.717, 1.165) is 0 Å². The van der Waals surface area contributed by atoms with E-state index in [1.807, 2.05) is 0 Å². The molecule has 0 atom stereocenters. The molecule has 2 N–H and O–H groups in total. The maximum absolute atomic E-state index is 13.7. The number of rotatable bonds is 6. The van der Waals surface area contributed by atoms with E-state index in [9.17, 15) is 9.18 Å². The van der Waals surface area contributed by atoms with Crippen molar-refractivity contribution in [3.63, 3.8) is 0 Å². The lowest BCUT2D eigenvalue weighted by atomic mass is 10.2. The summed E-state index contributed by atoms with van der Waals surface area (Å²) >= 11 is 0. The molecule has 0 saturated carbocycles. The summed E-state index contributed by atoms with van der Waals surface area (Å²) in [6.07, 6.45) is 1.28. The monoisotopic (exact) mass is 352 g/mol. The summed E-state index contributed by atoms with van der Waals surface area (Å²) in [4.78, 5) is 20.4. The highest BCUT2D eigenvalue weighted by Crippen LogP contribution is 2.16. The van der Waals surface area contributed by atoms with E-state index in [2.05, 4.69) is 20.6 Å². The third kappa shape index (κ3) is 4.32. The van der Waals surface area contributed by atoms with Crippen molar-refractivity contribution >= 4 is 17.4 Å². The van der Waals surface area contributed by atoms with Crippen LogP contribution in [-0.2, 0) is 6.54 Å². The van der Waals surface area contributed by atoms with Gasteiger partial charge < -0.3 is 15.4 Å². The number of hydrogen-bond acceptors (Lipinski definition) is 5. The first-order valence-corrected chi connectivity index (χ1v) is 7.90.